The van der Waals surface area contributed by atoms with Gasteiger partial charge in [-0.15, -0.1) is 12.4 Å². The molecular formula is C13H20ClN3O3. The Kier molecular flexibility index (Phi) is 8.35. The molecule has 0 aliphatic carbocycles. The van der Waals surface area contributed by atoms with Gasteiger partial charge in [0, 0.05) is 20.0 Å². The van der Waals surface area contributed by atoms with Crippen LogP contribution in [0.5, 0.6) is 5.75 Å². The van der Waals surface area contributed by atoms with E-state index >= 15 is 0 Å². The van der Waals surface area contributed by atoms with E-state index in [1.807, 2.05) is 0 Å². The molecule has 0 atom stereocenters. The molecule has 0 saturated heterocycles. The molecule has 0 heterocycles. The predicted octanol–water partition coefficient (Wildman–Crippen LogP) is 1.02. The number of nitrogens with one attached hydrogen (secondary N) is 3. The van der Waals surface area contributed by atoms with Crippen LogP contribution >= 0.6 is 12.4 Å². The van der Waals surface area contributed by atoms with Gasteiger partial charge in [0.1, 0.15) is 5.75 Å². The highest BCUT2D eigenvalue weighted by Gasteiger charge is 2.13. The summed E-state index contributed by atoms with van der Waals surface area (Å²) >= 11 is 0. The first kappa shape index (κ1) is 18.2. The molecule has 7 heteroatoms. The second-order valence-corrected chi connectivity index (χ2v) is 3.89. The third-order valence-electron chi connectivity index (χ3n) is 2.57. The van der Waals surface area contributed by atoms with Crippen LogP contribution in [0.3, 0.4) is 0 Å². The van der Waals surface area contributed by atoms with Crippen molar-refractivity contribution in [2.24, 2.45) is 0 Å². The Balaban J connectivity index is 0.00000361. The molecule has 0 bridgehead atoms. The van der Waals surface area contributed by atoms with Crippen LogP contribution in [0.2, 0.25) is 0 Å². The summed E-state index contributed by atoms with van der Waals surface area (Å²) < 4.78 is 5.07. The minimum absolute atomic E-state index is 0. The summed E-state index contributed by atoms with van der Waals surface area (Å²) in [6.45, 7) is 0.581. The minimum atomic E-state index is -0.275. The average molecular weight is 302 g/mol. The summed E-state index contributed by atoms with van der Waals surface area (Å²) in [6.07, 6.45) is 0.343. The van der Waals surface area contributed by atoms with Gasteiger partial charge >= 0.3 is 0 Å². The third kappa shape index (κ3) is 5.07. The van der Waals surface area contributed by atoms with Gasteiger partial charge in [-0.25, -0.2) is 0 Å². The Morgan fingerprint density at radius 1 is 1.25 bits per heavy atom. The highest BCUT2D eigenvalue weighted by atomic mass is 35.5. The lowest BCUT2D eigenvalue weighted by atomic mass is 10.1. The Labute approximate surface area is 124 Å². The third-order valence-corrected chi connectivity index (χ3v) is 2.57. The second kappa shape index (κ2) is 9.17. The summed E-state index contributed by atoms with van der Waals surface area (Å²) in [4.78, 5) is 23.4. The molecule has 112 valence electrons. The molecule has 0 fully saturated rings. The summed E-state index contributed by atoms with van der Waals surface area (Å²) in [5.41, 5.74) is 0.848. The molecule has 0 aliphatic heterocycles. The molecule has 3 N–H and O–H groups in total. The van der Waals surface area contributed by atoms with Crippen molar-refractivity contribution in [2.75, 3.05) is 33.1 Å². The van der Waals surface area contributed by atoms with E-state index in [-0.39, 0.29) is 24.2 Å². The highest BCUT2D eigenvalue weighted by Crippen LogP contribution is 2.22. The zero-order valence-electron chi connectivity index (χ0n) is 11.8. The number of methoxy groups -OCH3 is 1. The average Bonchev–Trinajstić information content (AvgIpc) is 2.44. The number of benzene rings is 1. The van der Waals surface area contributed by atoms with E-state index in [4.69, 9.17) is 4.74 Å². The van der Waals surface area contributed by atoms with Gasteiger partial charge in [-0.3, -0.25) is 9.59 Å². The van der Waals surface area contributed by atoms with Crippen molar-refractivity contribution >= 4 is 29.9 Å². The Hall–Kier alpha value is -1.79. The monoisotopic (exact) mass is 301 g/mol. The SMILES string of the molecule is CNCCC(=O)Nc1ccc(OC)cc1C(=O)NC.Cl. The van der Waals surface area contributed by atoms with E-state index in [0.29, 0.717) is 30.0 Å². The predicted molar refractivity (Wildman–Crippen MR) is 80.8 cm³/mol. The van der Waals surface area contributed by atoms with Crippen LogP contribution in [-0.2, 0) is 4.79 Å². The minimum Gasteiger partial charge on any atom is -0.497 e. The molecule has 0 saturated carbocycles. The van der Waals surface area contributed by atoms with Crippen LogP contribution in [0.25, 0.3) is 0 Å². The molecule has 1 rings (SSSR count). The van der Waals surface area contributed by atoms with Crippen LogP contribution in [0.1, 0.15) is 16.8 Å². The molecule has 0 spiro atoms. The lowest BCUT2D eigenvalue weighted by Crippen LogP contribution is -2.23. The normalized spacial score (nSPS) is 9.35. The van der Waals surface area contributed by atoms with Crippen molar-refractivity contribution in [1.29, 1.82) is 0 Å². The number of anilines is 1. The van der Waals surface area contributed by atoms with Crippen molar-refractivity contribution in [1.82, 2.24) is 10.6 Å². The van der Waals surface area contributed by atoms with E-state index in [0.717, 1.165) is 0 Å². The quantitative estimate of drug-likeness (QED) is 0.733. The Morgan fingerprint density at radius 2 is 1.95 bits per heavy atom. The van der Waals surface area contributed by atoms with E-state index in [1.165, 1.54) is 14.2 Å². The first-order valence-corrected chi connectivity index (χ1v) is 5.97. The van der Waals surface area contributed by atoms with Gasteiger partial charge in [-0.1, -0.05) is 0 Å². The largest absolute Gasteiger partial charge is 0.497 e. The van der Waals surface area contributed by atoms with Crippen LogP contribution in [0.4, 0.5) is 5.69 Å². The molecule has 0 unspecified atom stereocenters. The maximum Gasteiger partial charge on any atom is 0.253 e. The molecule has 2 amide bonds. The van der Waals surface area contributed by atoms with E-state index in [2.05, 4.69) is 16.0 Å². The van der Waals surface area contributed by atoms with E-state index in [1.54, 1.807) is 25.2 Å². The lowest BCUT2D eigenvalue weighted by Gasteiger charge is -2.11. The van der Waals surface area contributed by atoms with Crippen molar-refractivity contribution in [2.45, 2.75) is 6.42 Å². The van der Waals surface area contributed by atoms with Gasteiger partial charge in [-0.2, -0.15) is 0 Å². The number of halogens is 1. The zero-order valence-corrected chi connectivity index (χ0v) is 12.6. The van der Waals surface area contributed by atoms with Gasteiger partial charge in [0.05, 0.1) is 18.4 Å². The number of amides is 2. The number of hydrogen-bond acceptors (Lipinski definition) is 4. The Morgan fingerprint density at radius 3 is 2.50 bits per heavy atom. The molecule has 6 nitrogen and oxygen atoms in total. The number of hydrogen-bond donors (Lipinski definition) is 3. The molecular weight excluding hydrogens is 282 g/mol. The molecule has 0 radical (unpaired) electrons. The van der Waals surface area contributed by atoms with Gasteiger partial charge in [0.2, 0.25) is 5.91 Å². The molecule has 0 aliphatic rings. The fourth-order valence-electron chi connectivity index (χ4n) is 1.53. The van der Waals surface area contributed by atoms with Crippen LogP contribution in [-0.4, -0.2) is 39.6 Å². The molecule has 0 aromatic heterocycles. The Bertz CT molecular complexity index is 466. The first-order chi connectivity index (χ1) is 9.12. The molecule has 1 aromatic rings. The van der Waals surface area contributed by atoms with Crippen molar-refractivity contribution in [3.8, 4) is 5.75 Å². The summed E-state index contributed by atoms with van der Waals surface area (Å²) in [6, 6.07) is 4.94. The summed E-state index contributed by atoms with van der Waals surface area (Å²) in [5, 5.41) is 8.14. The van der Waals surface area contributed by atoms with Gasteiger partial charge in [0.15, 0.2) is 0 Å². The van der Waals surface area contributed by atoms with Crippen LogP contribution < -0.4 is 20.7 Å². The number of carbonyl (C=O) groups excluding carboxylic acids is 2. The van der Waals surface area contributed by atoms with E-state index in [9.17, 15) is 9.59 Å². The topological polar surface area (TPSA) is 79.5 Å². The fraction of sp³-hybridized carbons (Fsp3) is 0.385. The van der Waals surface area contributed by atoms with Gasteiger partial charge < -0.3 is 20.7 Å². The van der Waals surface area contributed by atoms with Crippen molar-refractivity contribution in [3.05, 3.63) is 23.8 Å². The summed E-state index contributed by atoms with van der Waals surface area (Å²) in [7, 11) is 4.83. The lowest BCUT2D eigenvalue weighted by molar-refractivity contribution is -0.116. The first-order valence-electron chi connectivity index (χ1n) is 5.97. The number of ether oxygens (including phenoxy) is 1. The molecule has 20 heavy (non-hydrogen) atoms. The fourth-order valence-corrected chi connectivity index (χ4v) is 1.53. The van der Waals surface area contributed by atoms with E-state index < -0.39 is 0 Å². The van der Waals surface area contributed by atoms with Gasteiger partial charge in [-0.05, 0) is 25.2 Å². The highest BCUT2D eigenvalue weighted by molar-refractivity contribution is 6.04. The smallest absolute Gasteiger partial charge is 0.253 e. The standard InChI is InChI=1S/C13H19N3O3.ClH/c1-14-7-6-12(17)16-11-5-4-9(19-3)8-10(11)13(18)15-2;/h4-5,8,14H,6-7H2,1-3H3,(H,15,18)(H,16,17);1H. The number of carbonyl (C=O) groups is 2. The summed E-state index contributed by atoms with van der Waals surface area (Å²) in [5.74, 6) is 0.138. The molecule has 1 aromatic carbocycles. The maximum absolute atomic E-state index is 11.8. The number of rotatable bonds is 6. The zero-order chi connectivity index (χ0) is 14.3. The van der Waals surface area contributed by atoms with Gasteiger partial charge in [0.25, 0.3) is 5.91 Å². The van der Waals surface area contributed by atoms with Crippen molar-refractivity contribution < 1.29 is 14.3 Å². The maximum atomic E-state index is 11.8. The van der Waals surface area contributed by atoms with Crippen LogP contribution in [0, 0.1) is 0 Å². The second-order valence-electron chi connectivity index (χ2n) is 3.89. The van der Waals surface area contributed by atoms with Crippen molar-refractivity contribution in [3.63, 3.8) is 0 Å². The van der Waals surface area contributed by atoms with Crippen LogP contribution in [0.15, 0.2) is 18.2 Å².